The van der Waals surface area contributed by atoms with E-state index < -0.39 is 0 Å². The molecule has 0 fully saturated rings. The summed E-state index contributed by atoms with van der Waals surface area (Å²) >= 11 is 3.31. The van der Waals surface area contributed by atoms with Crippen molar-refractivity contribution in [2.45, 2.75) is 13.8 Å². The van der Waals surface area contributed by atoms with Crippen LogP contribution < -0.4 is 0 Å². The summed E-state index contributed by atoms with van der Waals surface area (Å²) in [6, 6.07) is 0. The minimum Gasteiger partial charge on any atom is -0.106 e. The Balaban J connectivity index is 0. The van der Waals surface area contributed by atoms with Crippen LogP contribution in [0.15, 0.2) is 13.2 Å². The van der Waals surface area contributed by atoms with E-state index in [0.29, 0.717) is 0 Å². The van der Waals surface area contributed by atoms with Gasteiger partial charge in [0.05, 0.1) is 0 Å². The van der Waals surface area contributed by atoms with Crippen molar-refractivity contribution < 1.29 is 0 Å². The van der Waals surface area contributed by atoms with Crippen LogP contribution in [-0.4, -0.2) is 5.33 Å². The predicted octanol–water partition coefficient (Wildman–Crippen LogP) is 2.84. The van der Waals surface area contributed by atoms with E-state index in [1.807, 2.05) is 0 Å². The molecule has 0 aromatic rings. The van der Waals surface area contributed by atoms with Crippen LogP contribution in [0.2, 0.25) is 0 Å². The van der Waals surface area contributed by atoms with Crippen molar-refractivity contribution >= 4 is 15.9 Å². The minimum atomic E-state index is 0.801. The third-order valence-electron chi connectivity index (χ3n) is 0.309. The summed E-state index contributed by atoms with van der Waals surface area (Å²) in [6.45, 7) is 10.4. The van der Waals surface area contributed by atoms with Gasteiger partial charge in [-0.2, -0.15) is 0 Å². The molecule has 0 atom stereocenters. The molecule has 0 saturated carbocycles. The van der Waals surface area contributed by atoms with E-state index >= 15 is 0 Å². The van der Waals surface area contributed by atoms with Crippen LogP contribution in [0.4, 0.5) is 0 Å². The summed E-state index contributed by atoms with van der Waals surface area (Å²) in [4.78, 5) is 0. The molecule has 0 radical (unpaired) electrons. The van der Waals surface area contributed by atoms with Gasteiger partial charge in [-0.05, 0) is 5.92 Å². The Kier molecular flexibility index (Phi) is 13.9. The van der Waals surface area contributed by atoms with Gasteiger partial charge < -0.3 is 0 Å². The van der Waals surface area contributed by atoms with Crippen molar-refractivity contribution in [3.63, 3.8) is 0 Å². The molecular weight excluding hydrogens is 152 g/mol. The highest BCUT2D eigenvalue weighted by molar-refractivity contribution is 9.09. The summed E-state index contributed by atoms with van der Waals surface area (Å²) in [6.07, 6.45) is 0. The Morgan fingerprint density at radius 2 is 1.57 bits per heavy atom. The standard InChI is InChI=1S/C4H9Br.C2H4/c1-4(2)3-5;1-2/h4H,3H2,1-2H3;1-2H2. The summed E-state index contributed by atoms with van der Waals surface area (Å²) in [5.74, 6) is 0.801. The van der Waals surface area contributed by atoms with Crippen molar-refractivity contribution in [3.8, 4) is 0 Å². The van der Waals surface area contributed by atoms with E-state index in [4.69, 9.17) is 0 Å². The predicted molar refractivity (Wildman–Crippen MR) is 39.9 cm³/mol. The van der Waals surface area contributed by atoms with Crippen molar-refractivity contribution in [1.29, 1.82) is 0 Å². The van der Waals surface area contributed by atoms with Crippen molar-refractivity contribution in [2.24, 2.45) is 5.92 Å². The third kappa shape index (κ3) is 22.5. The van der Waals surface area contributed by atoms with Crippen LogP contribution in [0.25, 0.3) is 0 Å². The molecule has 0 aliphatic carbocycles. The molecule has 0 aliphatic heterocycles. The van der Waals surface area contributed by atoms with E-state index in [1.54, 1.807) is 0 Å². The molecule has 0 heterocycles. The van der Waals surface area contributed by atoms with Gasteiger partial charge >= 0.3 is 0 Å². The topological polar surface area (TPSA) is 0 Å². The monoisotopic (exact) mass is 164 g/mol. The highest BCUT2D eigenvalue weighted by atomic mass is 79.9. The van der Waals surface area contributed by atoms with Crippen molar-refractivity contribution in [3.05, 3.63) is 13.2 Å². The first-order valence-corrected chi connectivity index (χ1v) is 3.45. The molecule has 0 amide bonds. The Bertz CT molecular complexity index is 25.4. The molecule has 0 rings (SSSR count). The zero-order chi connectivity index (χ0) is 6.28. The number of rotatable bonds is 1. The number of hydrogen-bond donors (Lipinski definition) is 0. The van der Waals surface area contributed by atoms with E-state index in [1.165, 1.54) is 0 Å². The summed E-state index contributed by atoms with van der Waals surface area (Å²) in [7, 11) is 0. The van der Waals surface area contributed by atoms with Gasteiger partial charge in [-0.15, -0.1) is 13.2 Å². The normalized spacial score (nSPS) is 7.43. The quantitative estimate of drug-likeness (QED) is 0.414. The van der Waals surface area contributed by atoms with Gasteiger partial charge in [-0.1, -0.05) is 29.8 Å². The van der Waals surface area contributed by atoms with E-state index in [9.17, 15) is 0 Å². The molecule has 0 aromatic heterocycles. The fourth-order valence-electron chi connectivity index (χ4n) is 0. The molecule has 0 saturated heterocycles. The Hall–Kier alpha value is 0.220. The van der Waals surface area contributed by atoms with E-state index in [-0.39, 0.29) is 0 Å². The molecule has 7 heavy (non-hydrogen) atoms. The Morgan fingerprint density at radius 3 is 1.57 bits per heavy atom. The molecule has 1 heteroatoms. The third-order valence-corrected chi connectivity index (χ3v) is 1.60. The lowest BCUT2D eigenvalue weighted by Gasteiger charge is -1.88. The van der Waals surface area contributed by atoms with E-state index in [2.05, 4.69) is 42.9 Å². The Morgan fingerprint density at radius 1 is 1.43 bits per heavy atom. The average molecular weight is 165 g/mol. The SMILES string of the molecule is C=C.CC(C)CBr. The lowest BCUT2D eigenvalue weighted by atomic mass is 10.3. The van der Waals surface area contributed by atoms with Gasteiger partial charge in [0.2, 0.25) is 0 Å². The number of halogens is 1. The second kappa shape index (κ2) is 9.52. The summed E-state index contributed by atoms with van der Waals surface area (Å²) < 4.78 is 0. The molecule has 0 spiro atoms. The first kappa shape index (κ1) is 10.3. The molecule has 0 bridgehead atoms. The summed E-state index contributed by atoms with van der Waals surface area (Å²) in [5.41, 5.74) is 0. The first-order chi connectivity index (χ1) is 3.27. The maximum atomic E-state index is 3.31. The van der Waals surface area contributed by atoms with Crippen LogP contribution in [-0.2, 0) is 0 Å². The van der Waals surface area contributed by atoms with E-state index in [0.717, 1.165) is 11.2 Å². The molecule has 0 N–H and O–H groups in total. The summed E-state index contributed by atoms with van der Waals surface area (Å²) in [5, 5.41) is 1.12. The highest BCUT2D eigenvalue weighted by Crippen LogP contribution is 1.94. The lowest BCUT2D eigenvalue weighted by molar-refractivity contribution is 0.756. The maximum Gasteiger partial charge on any atom is 0.00544 e. The molecule has 0 aromatic carbocycles. The zero-order valence-corrected chi connectivity index (χ0v) is 6.66. The largest absolute Gasteiger partial charge is 0.106 e. The molecule has 44 valence electrons. The minimum absolute atomic E-state index is 0.801. The highest BCUT2D eigenvalue weighted by Gasteiger charge is 1.81. The van der Waals surface area contributed by atoms with Crippen LogP contribution in [0.1, 0.15) is 13.8 Å². The molecule has 0 unspecified atom stereocenters. The second-order valence-electron chi connectivity index (χ2n) is 1.55. The zero-order valence-electron chi connectivity index (χ0n) is 5.08. The van der Waals surface area contributed by atoms with Gasteiger partial charge in [0.15, 0.2) is 0 Å². The fraction of sp³-hybridized carbons (Fsp3) is 0.667. The van der Waals surface area contributed by atoms with Crippen molar-refractivity contribution in [1.82, 2.24) is 0 Å². The van der Waals surface area contributed by atoms with Gasteiger partial charge in [0.25, 0.3) is 0 Å². The van der Waals surface area contributed by atoms with Crippen LogP contribution >= 0.6 is 15.9 Å². The lowest BCUT2D eigenvalue weighted by Crippen LogP contribution is -1.82. The van der Waals surface area contributed by atoms with Crippen LogP contribution in [0, 0.1) is 5.92 Å². The molecule has 0 aliphatic rings. The maximum absolute atomic E-state index is 3.31. The first-order valence-electron chi connectivity index (χ1n) is 2.33. The smallest absolute Gasteiger partial charge is 0.00544 e. The van der Waals surface area contributed by atoms with Gasteiger partial charge in [0.1, 0.15) is 0 Å². The van der Waals surface area contributed by atoms with Crippen molar-refractivity contribution in [2.75, 3.05) is 5.33 Å². The fourth-order valence-corrected chi connectivity index (χ4v) is 0. The second-order valence-corrected chi connectivity index (χ2v) is 2.20. The van der Waals surface area contributed by atoms with Gasteiger partial charge in [-0.25, -0.2) is 0 Å². The van der Waals surface area contributed by atoms with Gasteiger partial charge in [-0.3, -0.25) is 0 Å². The number of hydrogen-bond acceptors (Lipinski definition) is 0. The molecular formula is C6H13Br. The average Bonchev–Trinajstić information content (AvgIpc) is 1.73. The van der Waals surface area contributed by atoms with Gasteiger partial charge in [0, 0.05) is 5.33 Å². The van der Waals surface area contributed by atoms with Crippen LogP contribution in [0.5, 0.6) is 0 Å². The molecule has 0 nitrogen and oxygen atoms in total. The number of alkyl halides is 1. The van der Waals surface area contributed by atoms with Crippen LogP contribution in [0.3, 0.4) is 0 Å². The Labute approximate surface area is 54.7 Å².